The molecule has 5 heteroatoms. The number of aliphatic hydroxyl groups is 2. The highest BCUT2D eigenvalue weighted by molar-refractivity contribution is 5.66. The topological polar surface area (TPSA) is 87.0 Å². The first-order chi connectivity index (χ1) is 12.3. The summed E-state index contributed by atoms with van der Waals surface area (Å²) in [6, 6.07) is 0. The number of carbonyl (C=O) groups is 1. The van der Waals surface area contributed by atoms with Crippen LogP contribution in [0.1, 0.15) is 65.2 Å². The fraction of sp³-hybridized carbons (Fsp3) is 0.762. The summed E-state index contributed by atoms with van der Waals surface area (Å²) in [5.41, 5.74) is -0.919. The Bertz CT molecular complexity index is 556. The Kier molecular flexibility index (Phi) is 7.69. The zero-order chi connectivity index (χ0) is 19.2. The van der Waals surface area contributed by atoms with Crippen LogP contribution in [0.25, 0.3) is 0 Å². The van der Waals surface area contributed by atoms with Crippen molar-refractivity contribution in [2.75, 3.05) is 0 Å². The minimum absolute atomic E-state index is 0.00718. The zero-order valence-electron chi connectivity index (χ0n) is 15.9. The van der Waals surface area contributed by atoms with Gasteiger partial charge in [-0.25, -0.2) is 0 Å². The van der Waals surface area contributed by atoms with Gasteiger partial charge in [-0.3, -0.25) is 4.79 Å². The molecular weight excluding hydrogens is 332 g/mol. The van der Waals surface area contributed by atoms with Crippen molar-refractivity contribution < 1.29 is 24.9 Å². The number of carboxylic acids is 1. The van der Waals surface area contributed by atoms with E-state index in [-0.39, 0.29) is 30.5 Å². The van der Waals surface area contributed by atoms with Gasteiger partial charge in [0, 0.05) is 25.2 Å². The predicted molar refractivity (Wildman–Crippen MR) is 99.4 cm³/mol. The summed E-state index contributed by atoms with van der Waals surface area (Å²) in [6.07, 6.45) is 8.93. The molecule has 26 heavy (non-hydrogen) atoms. The summed E-state index contributed by atoms with van der Waals surface area (Å²) >= 11 is 0. The molecule has 0 amide bonds. The first kappa shape index (κ1) is 21.0. The summed E-state index contributed by atoms with van der Waals surface area (Å²) in [5.74, 6) is 5.33. The van der Waals surface area contributed by atoms with E-state index in [1.54, 1.807) is 19.9 Å². The molecule has 1 saturated carbocycles. The second-order valence-corrected chi connectivity index (χ2v) is 7.86. The van der Waals surface area contributed by atoms with Crippen LogP contribution in [0.15, 0.2) is 12.2 Å². The molecule has 1 unspecified atom stereocenters. The maximum absolute atomic E-state index is 10.6. The lowest BCUT2D eigenvalue weighted by Gasteiger charge is -2.21. The van der Waals surface area contributed by atoms with Gasteiger partial charge >= 0.3 is 5.97 Å². The monoisotopic (exact) mass is 364 g/mol. The van der Waals surface area contributed by atoms with E-state index in [2.05, 4.69) is 11.8 Å². The maximum Gasteiger partial charge on any atom is 0.303 e. The van der Waals surface area contributed by atoms with Crippen molar-refractivity contribution in [2.45, 2.75) is 89.1 Å². The van der Waals surface area contributed by atoms with Gasteiger partial charge in [-0.1, -0.05) is 18.6 Å². The van der Waals surface area contributed by atoms with Gasteiger partial charge in [-0.2, -0.15) is 0 Å². The van der Waals surface area contributed by atoms with E-state index < -0.39 is 17.7 Å². The Morgan fingerprint density at radius 1 is 1.35 bits per heavy atom. The molecule has 0 radical (unpaired) electrons. The van der Waals surface area contributed by atoms with E-state index in [1.165, 1.54) is 0 Å². The van der Waals surface area contributed by atoms with Gasteiger partial charge in [0.25, 0.3) is 0 Å². The van der Waals surface area contributed by atoms with Gasteiger partial charge in [0.1, 0.15) is 0 Å². The Morgan fingerprint density at radius 3 is 2.81 bits per heavy atom. The fourth-order valence-electron chi connectivity index (χ4n) is 4.12. The van der Waals surface area contributed by atoms with Gasteiger partial charge in [-0.05, 0) is 45.4 Å². The lowest BCUT2D eigenvalue weighted by atomic mass is 9.87. The van der Waals surface area contributed by atoms with Crippen LogP contribution in [0, 0.1) is 23.7 Å². The smallest absolute Gasteiger partial charge is 0.303 e. The third-order valence-corrected chi connectivity index (χ3v) is 5.57. The SMILES string of the molecule is CC#CCCC(C)(O)C=C[C@@H]1[C@H]2C[C@H](CCCCC(=O)O)O[C@H]2C[C@H]1O. The predicted octanol–water partition coefficient (Wildman–Crippen LogP) is 2.90. The molecule has 2 aliphatic rings. The molecule has 1 aliphatic carbocycles. The van der Waals surface area contributed by atoms with E-state index in [0.717, 1.165) is 19.3 Å². The molecule has 0 aromatic carbocycles. The lowest BCUT2D eigenvalue weighted by molar-refractivity contribution is -0.137. The Balaban J connectivity index is 1.85. The molecule has 0 aromatic rings. The summed E-state index contributed by atoms with van der Waals surface area (Å²) in [4.78, 5) is 10.6. The second kappa shape index (κ2) is 9.55. The molecule has 146 valence electrons. The maximum atomic E-state index is 10.6. The number of rotatable bonds is 9. The van der Waals surface area contributed by atoms with Gasteiger partial charge in [-0.15, -0.1) is 11.8 Å². The van der Waals surface area contributed by atoms with Crippen molar-refractivity contribution in [3.8, 4) is 11.8 Å². The van der Waals surface area contributed by atoms with Crippen LogP contribution in [0.4, 0.5) is 0 Å². The molecular formula is C21H32O5. The summed E-state index contributed by atoms with van der Waals surface area (Å²) in [5, 5.41) is 29.5. The minimum Gasteiger partial charge on any atom is -0.481 e. The molecule has 1 heterocycles. The molecule has 2 rings (SSSR count). The Hall–Kier alpha value is -1.35. The highest BCUT2D eigenvalue weighted by Gasteiger charge is 2.47. The van der Waals surface area contributed by atoms with Crippen molar-refractivity contribution in [3.63, 3.8) is 0 Å². The molecule has 1 aliphatic heterocycles. The van der Waals surface area contributed by atoms with Crippen molar-refractivity contribution in [1.29, 1.82) is 0 Å². The normalized spacial score (nSPS) is 32.8. The van der Waals surface area contributed by atoms with Crippen molar-refractivity contribution >= 4 is 5.97 Å². The van der Waals surface area contributed by atoms with Crippen LogP contribution in [0.3, 0.4) is 0 Å². The van der Waals surface area contributed by atoms with E-state index in [1.807, 2.05) is 6.08 Å². The average Bonchev–Trinajstić information content (AvgIpc) is 3.06. The van der Waals surface area contributed by atoms with Gasteiger partial charge in [0.15, 0.2) is 0 Å². The van der Waals surface area contributed by atoms with Crippen molar-refractivity contribution in [2.24, 2.45) is 11.8 Å². The number of ether oxygens (including phenoxy) is 1. The largest absolute Gasteiger partial charge is 0.481 e. The molecule has 5 nitrogen and oxygen atoms in total. The third-order valence-electron chi connectivity index (χ3n) is 5.57. The summed E-state index contributed by atoms with van der Waals surface area (Å²) in [6.45, 7) is 3.56. The number of unbranched alkanes of at least 4 members (excludes halogenated alkanes) is 1. The van der Waals surface area contributed by atoms with Crippen LogP contribution in [0.5, 0.6) is 0 Å². The molecule has 0 bridgehead atoms. The van der Waals surface area contributed by atoms with Gasteiger partial charge < -0.3 is 20.1 Å². The molecule has 2 fully saturated rings. The second-order valence-electron chi connectivity index (χ2n) is 7.86. The number of carboxylic acid groups (broad SMARTS) is 1. The third kappa shape index (κ3) is 6.12. The highest BCUT2D eigenvalue weighted by atomic mass is 16.5. The van der Waals surface area contributed by atoms with Crippen molar-refractivity contribution in [1.82, 2.24) is 0 Å². The zero-order valence-corrected chi connectivity index (χ0v) is 15.9. The molecule has 3 N–H and O–H groups in total. The number of hydrogen-bond donors (Lipinski definition) is 3. The van der Waals surface area contributed by atoms with Crippen molar-refractivity contribution in [3.05, 3.63) is 12.2 Å². The number of aliphatic hydroxyl groups excluding tert-OH is 1. The summed E-state index contributed by atoms with van der Waals surface area (Å²) in [7, 11) is 0. The number of fused-ring (bicyclic) bond motifs is 1. The van der Waals surface area contributed by atoms with Crippen LogP contribution in [-0.2, 0) is 9.53 Å². The first-order valence-electron chi connectivity index (χ1n) is 9.69. The first-order valence-corrected chi connectivity index (χ1v) is 9.69. The van der Waals surface area contributed by atoms with Gasteiger partial charge in [0.2, 0.25) is 0 Å². The van der Waals surface area contributed by atoms with E-state index in [9.17, 15) is 15.0 Å². The molecule has 0 aromatic heterocycles. The Morgan fingerprint density at radius 2 is 2.12 bits per heavy atom. The lowest BCUT2D eigenvalue weighted by Crippen LogP contribution is -2.23. The quantitative estimate of drug-likeness (QED) is 0.333. The van der Waals surface area contributed by atoms with Crippen LogP contribution in [0.2, 0.25) is 0 Å². The average molecular weight is 364 g/mol. The van der Waals surface area contributed by atoms with Crippen LogP contribution < -0.4 is 0 Å². The van der Waals surface area contributed by atoms with E-state index in [4.69, 9.17) is 9.84 Å². The minimum atomic E-state index is -0.919. The molecule has 6 atom stereocenters. The summed E-state index contributed by atoms with van der Waals surface area (Å²) < 4.78 is 6.08. The standard InChI is InChI=1S/C21H32O5/c1-3-4-7-11-21(2,25)12-10-16-17-13-15(8-5-6-9-20(23)24)26-19(17)14-18(16)22/h10,12,15-19,22,25H,5-9,11,13-14H2,1-2H3,(H,23,24)/t15-,16+,17+,18+,19-,21?/m0/s1. The number of aliphatic carboxylic acids is 1. The van der Waals surface area contributed by atoms with Crippen LogP contribution in [-0.4, -0.2) is 45.2 Å². The fourth-order valence-corrected chi connectivity index (χ4v) is 4.12. The molecule has 1 saturated heterocycles. The van der Waals surface area contributed by atoms with Gasteiger partial charge in [0.05, 0.1) is 23.9 Å². The molecule has 0 spiro atoms. The Labute approximate surface area is 156 Å². The van der Waals surface area contributed by atoms with E-state index >= 15 is 0 Å². The number of hydrogen-bond acceptors (Lipinski definition) is 4. The highest BCUT2D eigenvalue weighted by Crippen LogP contribution is 2.45. The van der Waals surface area contributed by atoms with E-state index in [0.29, 0.717) is 25.7 Å². The van der Waals surface area contributed by atoms with Crippen LogP contribution >= 0.6 is 0 Å².